The molecule has 3 rings (SSSR count). The van der Waals surface area contributed by atoms with Gasteiger partial charge in [0.15, 0.2) is 0 Å². The van der Waals surface area contributed by atoms with E-state index in [1.807, 2.05) is 58.5 Å². The fourth-order valence-electron chi connectivity index (χ4n) is 2.57. The molecule has 0 N–H and O–H groups in total. The van der Waals surface area contributed by atoms with E-state index >= 15 is 0 Å². The summed E-state index contributed by atoms with van der Waals surface area (Å²) in [5.41, 5.74) is 5.95. The van der Waals surface area contributed by atoms with Gasteiger partial charge in [-0.15, -0.1) is 0 Å². The molecule has 2 aromatic carbocycles. The van der Waals surface area contributed by atoms with E-state index in [0.717, 1.165) is 33.9 Å². The van der Waals surface area contributed by atoms with E-state index in [4.69, 9.17) is 11.6 Å². The van der Waals surface area contributed by atoms with E-state index in [2.05, 4.69) is 44.0 Å². The number of aromatic nitrogens is 2. The lowest BCUT2D eigenvalue weighted by atomic mass is 10.1. The minimum atomic E-state index is 0.251. The highest BCUT2D eigenvalue weighted by Crippen LogP contribution is 2.27. The maximum absolute atomic E-state index is 6.17. The summed E-state index contributed by atoms with van der Waals surface area (Å²) in [4.78, 5) is 12.9. The maximum atomic E-state index is 6.17. The van der Waals surface area contributed by atoms with Crippen molar-refractivity contribution in [1.82, 2.24) is 9.97 Å². The van der Waals surface area contributed by atoms with Crippen LogP contribution >= 0.6 is 11.6 Å². The molecule has 3 aromatic rings. The Bertz CT molecular complexity index is 786. The molecule has 4 nitrogen and oxygen atoms in total. The van der Waals surface area contributed by atoms with Crippen LogP contribution in [-0.2, 0) is 0 Å². The molecule has 1 heterocycles. The lowest BCUT2D eigenvalue weighted by Crippen LogP contribution is -2.08. The Balaban J connectivity index is 1.97. The minimum Gasteiger partial charge on any atom is -0.378 e. The Morgan fingerprint density at radius 2 is 1.00 bits per heavy atom. The fourth-order valence-corrected chi connectivity index (χ4v) is 2.76. The van der Waals surface area contributed by atoms with Crippen LogP contribution in [0.25, 0.3) is 22.5 Å². The van der Waals surface area contributed by atoms with Crippen molar-refractivity contribution in [2.45, 2.75) is 0 Å². The zero-order chi connectivity index (χ0) is 18.0. The van der Waals surface area contributed by atoms with Crippen molar-refractivity contribution in [1.29, 1.82) is 0 Å². The van der Waals surface area contributed by atoms with Gasteiger partial charge in [-0.05, 0) is 41.9 Å². The fraction of sp³-hybridized carbons (Fsp3) is 0.200. The van der Waals surface area contributed by atoms with Gasteiger partial charge in [0.2, 0.25) is 5.28 Å². The molecule has 0 spiro atoms. The molecule has 0 aliphatic rings. The van der Waals surface area contributed by atoms with Crippen molar-refractivity contribution in [3.8, 4) is 22.5 Å². The van der Waals surface area contributed by atoms with Gasteiger partial charge in [0.05, 0.1) is 11.4 Å². The smallest absolute Gasteiger partial charge is 0.223 e. The average Bonchev–Trinajstić information content (AvgIpc) is 2.61. The van der Waals surface area contributed by atoms with Crippen LogP contribution in [0.15, 0.2) is 54.6 Å². The Kier molecular flexibility index (Phi) is 4.91. The third-order valence-corrected chi connectivity index (χ3v) is 4.23. The Morgan fingerprint density at radius 1 is 0.640 bits per heavy atom. The van der Waals surface area contributed by atoms with E-state index in [1.165, 1.54) is 0 Å². The van der Waals surface area contributed by atoms with Gasteiger partial charge < -0.3 is 9.80 Å². The summed E-state index contributed by atoms with van der Waals surface area (Å²) in [6.07, 6.45) is 0. The van der Waals surface area contributed by atoms with Crippen molar-refractivity contribution in [2.75, 3.05) is 38.0 Å². The van der Waals surface area contributed by atoms with E-state index in [9.17, 15) is 0 Å². The van der Waals surface area contributed by atoms with Gasteiger partial charge in [-0.1, -0.05) is 24.3 Å². The molecule has 0 fully saturated rings. The third-order valence-electron chi connectivity index (χ3n) is 4.06. The highest BCUT2D eigenvalue weighted by Gasteiger charge is 2.08. The molecule has 0 unspecified atom stereocenters. The van der Waals surface area contributed by atoms with E-state index in [0.29, 0.717) is 0 Å². The summed E-state index contributed by atoms with van der Waals surface area (Å²) in [6.45, 7) is 0. The predicted molar refractivity (Wildman–Crippen MR) is 107 cm³/mol. The molecule has 0 radical (unpaired) electrons. The van der Waals surface area contributed by atoms with Crippen LogP contribution in [0.4, 0.5) is 11.4 Å². The van der Waals surface area contributed by atoms with Crippen LogP contribution in [0.2, 0.25) is 5.28 Å². The molecular formula is C20H21ClN4. The molecule has 0 aliphatic carbocycles. The third kappa shape index (κ3) is 3.91. The number of anilines is 2. The first-order chi connectivity index (χ1) is 11.9. The van der Waals surface area contributed by atoms with Crippen LogP contribution in [0, 0.1) is 0 Å². The second kappa shape index (κ2) is 7.11. The van der Waals surface area contributed by atoms with Gasteiger partial charge in [0, 0.05) is 50.7 Å². The Morgan fingerprint density at radius 3 is 1.32 bits per heavy atom. The molecule has 0 atom stereocenters. The summed E-state index contributed by atoms with van der Waals surface area (Å²) in [7, 11) is 8.08. The largest absolute Gasteiger partial charge is 0.378 e. The van der Waals surface area contributed by atoms with E-state index in [-0.39, 0.29) is 5.28 Å². The summed E-state index contributed by atoms with van der Waals surface area (Å²) in [5, 5.41) is 0.251. The van der Waals surface area contributed by atoms with E-state index < -0.39 is 0 Å². The normalized spacial score (nSPS) is 10.6. The first-order valence-corrected chi connectivity index (χ1v) is 8.42. The first-order valence-electron chi connectivity index (χ1n) is 8.04. The highest BCUT2D eigenvalue weighted by atomic mass is 35.5. The molecule has 0 bridgehead atoms. The molecule has 5 heteroatoms. The van der Waals surface area contributed by atoms with Crippen LogP contribution in [0.1, 0.15) is 0 Å². The molecule has 25 heavy (non-hydrogen) atoms. The van der Waals surface area contributed by atoms with Gasteiger partial charge in [0.1, 0.15) is 0 Å². The molecule has 0 saturated carbocycles. The summed E-state index contributed by atoms with van der Waals surface area (Å²) in [6, 6.07) is 18.4. The summed E-state index contributed by atoms with van der Waals surface area (Å²) < 4.78 is 0. The molecular weight excluding hydrogens is 332 g/mol. The van der Waals surface area contributed by atoms with Gasteiger partial charge in [-0.2, -0.15) is 0 Å². The lowest BCUT2D eigenvalue weighted by Gasteiger charge is -2.13. The van der Waals surface area contributed by atoms with E-state index in [1.54, 1.807) is 0 Å². The summed E-state index contributed by atoms with van der Waals surface area (Å²) in [5.74, 6) is 0. The SMILES string of the molecule is CN(C)c1ccc(-c2cc(-c3ccc(N(C)C)cc3)nc(Cl)n2)cc1. The molecule has 0 aliphatic heterocycles. The zero-order valence-corrected chi connectivity index (χ0v) is 15.6. The Hall–Kier alpha value is -2.59. The Labute approximate surface area is 153 Å². The monoisotopic (exact) mass is 352 g/mol. The lowest BCUT2D eigenvalue weighted by molar-refractivity contribution is 1.13. The topological polar surface area (TPSA) is 32.3 Å². The van der Waals surface area contributed by atoms with Gasteiger partial charge in [-0.3, -0.25) is 0 Å². The van der Waals surface area contributed by atoms with Crippen molar-refractivity contribution in [3.05, 3.63) is 59.9 Å². The number of rotatable bonds is 4. The second-order valence-corrected chi connectivity index (χ2v) is 6.63. The molecule has 1 aromatic heterocycles. The van der Waals surface area contributed by atoms with Crippen molar-refractivity contribution in [3.63, 3.8) is 0 Å². The average molecular weight is 353 g/mol. The van der Waals surface area contributed by atoms with Gasteiger partial charge in [0.25, 0.3) is 0 Å². The molecule has 0 saturated heterocycles. The van der Waals surface area contributed by atoms with Crippen molar-refractivity contribution >= 4 is 23.0 Å². The molecule has 0 amide bonds. The minimum absolute atomic E-state index is 0.251. The van der Waals surface area contributed by atoms with Gasteiger partial charge >= 0.3 is 0 Å². The summed E-state index contributed by atoms with van der Waals surface area (Å²) >= 11 is 6.17. The quantitative estimate of drug-likeness (QED) is 0.642. The molecule has 128 valence electrons. The standard InChI is InChI=1S/C20H21ClN4/c1-24(2)16-9-5-14(6-10-16)18-13-19(23-20(21)22-18)15-7-11-17(12-8-15)25(3)4/h5-13H,1-4H3. The first kappa shape index (κ1) is 17.2. The maximum Gasteiger partial charge on any atom is 0.223 e. The zero-order valence-electron chi connectivity index (χ0n) is 14.9. The van der Waals surface area contributed by atoms with Crippen LogP contribution in [0.5, 0.6) is 0 Å². The number of benzene rings is 2. The van der Waals surface area contributed by atoms with Crippen LogP contribution < -0.4 is 9.80 Å². The van der Waals surface area contributed by atoms with Crippen LogP contribution in [-0.4, -0.2) is 38.2 Å². The second-order valence-electron chi connectivity index (χ2n) is 6.29. The van der Waals surface area contributed by atoms with Crippen LogP contribution in [0.3, 0.4) is 0 Å². The highest BCUT2D eigenvalue weighted by molar-refractivity contribution is 6.28. The number of hydrogen-bond acceptors (Lipinski definition) is 4. The number of halogens is 1. The predicted octanol–water partition coefficient (Wildman–Crippen LogP) is 4.60. The van der Waals surface area contributed by atoms with Crippen molar-refractivity contribution in [2.24, 2.45) is 0 Å². The number of hydrogen-bond donors (Lipinski definition) is 0. The van der Waals surface area contributed by atoms with Crippen molar-refractivity contribution < 1.29 is 0 Å². The number of nitrogens with zero attached hydrogens (tertiary/aromatic N) is 4. The van der Waals surface area contributed by atoms with Gasteiger partial charge in [-0.25, -0.2) is 9.97 Å².